The molecule has 2 N–H and O–H groups in total. The molecule has 2 heterocycles. The molecule has 2 fully saturated rings. The van der Waals surface area contributed by atoms with Crippen molar-refractivity contribution in [3.8, 4) is 0 Å². The van der Waals surface area contributed by atoms with Gasteiger partial charge in [-0.1, -0.05) is 42.5 Å². The number of aromatic nitrogens is 1. The van der Waals surface area contributed by atoms with Crippen LogP contribution < -0.4 is 20.4 Å². The first kappa shape index (κ1) is 30.4. The highest BCUT2D eigenvalue weighted by Gasteiger charge is 2.30. The van der Waals surface area contributed by atoms with E-state index in [0.717, 1.165) is 57.7 Å². The average Bonchev–Trinajstić information content (AvgIpc) is 3.77. The predicted octanol–water partition coefficient (Wildman–Crippen LogP) is 5.47. The molecule has 9 heteroatoms. The van der Waals surface area contributed by atoms with E-state index in [4.69, 9.17) is 4.42 Å². The molecule has 0 spiro atoms. The average molecular weight is 607 g/mol. The summed E-state index contributed by atoms with van der Waals surface area (Å²) < 4.78 is 5.57. The fourth-order valence-corrected chi connectivity index (χ4v) is 5.93. The van der Waals surface area contributed by atoms with Crippen molar-refractivity contribution in [2.45, 2.75) is 38.6 Å². The molecule has 0 radical (unpaired) electrons. The van der Waals surface area contributed by atoms with Crippen molar-refractivity contribution in [2.24, 2.45) is 0 Å². The molecule has 2 aliphatic rings. The van der Waals surface area contributed by atoms with Gasteiger partial charge in [0.1, 0.15) is 6.26 Å². The molecule has 0 atom stereocenters. The van der Waals surface area contributed by atoms with Gasteiger partial charge < -0.3 is 29.8 Å². The zero-order valence-corrected chi connectivity index (χ0v) is 26.4. The van der Waals surface area contributed by atoms with Crippen LogP contribution >= 0.6 is 0 Å². The highest BCUT2D eigenvalue weighted by atomic mass is 16.3. The molecule has 45 heavy (non-hydrogen) atoms. The van der Waals surface area contributed by atoms with Crippen LogP contribution in [-0.2, 0) is 13.0 Å². The van der Waals surface area contributed by atoms with E-state index < -0.39 is 0 Å². The van der Waals surface area contributed by atoms with Crippen LogP contribution in [0.3, 0.4) is 0 Å². The van der Waals surface area contributed by atoms with Crippen LogP contribution in [0.25, 0.3) is 0 Å². The molecule has 6 rings (SSSR count). The summed E-state index contributed by atoms with van der Waals surface area (Å²) >= 11 is 0. The van der Waals surface area contributed by atoms with Crippen molar-refractivity contribution in [3.63, 3.8) is 0 Å². The van der Waals surface area contributed by atoms with E-state index >= 15 is 0 Å². The second-order valence-electron chi connectivity index (χ2n) is 12.4. The maximum absolute atomic E-state index is 13.3. The molecule has 1 aliphatic heterocycles. The number of benzene rings is 3. The van der Waals surface area contributed by atoms with Gasteiger partial charge in [0.05, 0.1) is 11.4 Å². The van der Waals surface area contributed by atoms with E-state index in [9.17, 15) is 9.59 Å². The number of amides is 2. The zero-order chi connectivity index (χ0) is 31.3. The summed E-state index contributed by atoms with van der Waals surface area (Å²) in [6, 6.07) is 22.5. The predicted molar refractivity (Wildman–Crippen MR) is 178 cm³/mol. The van der Waals surface area contributed by atoms with Crippen molar-refractivity contribution in [1.29, 1.82) is 0 Å². The number of para-hydroxylation sites is 1. The number of oxazole rings is 1. The summed E-state index contributed by atoms with van der Waals surface area (Å²) in [7, 11) is 4.11. The molecule has 0 unspecified atom stereocenters. The summed E-state index contributed by atoms with van der Waals surface area (Å²) in [6.45, 7) is 6.79. The van der Waals surface area contributed by atoms with Gasteiger partial charge in [-0.2, -0.15) is 0 Å². The Balaban J connectivity index is 1.16. The lowest BCUT2D eigenvalue weighted by atomic mass is 10.1. The van der Waals surface area contributed by atoms with Gasteiger partial charge in [-0.3, -0.25) is 9.59 Å². The first-order valence-electron chi connectivity index (χ1n) is 15.8. The van der Waals surface area contributed by atoms with Crippen LogP contribution in [0, 0.1) is 6.92 Å². The van der Waals surface area contributed by atoms with Gasteiger partial charge in [-0.15, -0.1) is 0 Å². The lowest BCUT2D eigenvalue weighted by molar-refractivity contribution is 0.0952. The SMILES string of the molecule is Cc1ccccc1N1CCN(c2ccc(C(=O)NCCc3cccc(CN(C)C)c3)cc2NC(=O)c2coc(C3CC3)n2)CC1. The van der Waals surface area contributed by atoms with E-state index in [1.54, 1.807) is 6.07 Å². The van der Waals surface area contributed by atoms with Gasteiger partial charge in [0, 0.05) is 56.4 Å². The summed E-state index contributed by atoms with van der Waals surface area (Å²) in [5.74, 6) is 0.408. The Bertz CT molecular complexity index is 1650. The minimum absolute atomic E-state index is 0.177. The number of anilines is 3. The smallest absolute Gasteiger partial charge is 0.277 e. The van der Waals surface area contributed by atoms with E-state index in [1.165, 1.54) is 28.6 Å². The molecule has 234 valence electrons. The van der Waals surface area contributed by atoms with Crippen LogP contribution in [0.2, 0.25) is 0 Å². The Labute approximate surface area is 265 Å². The third-order valence-electron chi connectivity index (χ3n) is 8.45. The van der Waals surface area contributed by atoms with Crippen molar-refractivity contribution < 1.29 is 14.0 Å². The number of nitrogens with one attached hydrogen (secondary N) is 2. The van der Waals surface area contributed by atoms with Crippen LogP contribution in [0.1, 0.15) is 62.2 Å². The maximum Gasteiger partial charge on any atom is 0.277 e. The van der Waals surface area contributed by atoms with Crippen molar-refractivity contribution in [2.75, 3.05) is 61.9 Å². The van der Waals surface area contributed by atoms with Gasteiger partial charge in [0.15, 0.2) is 11.6 Å². The summed E-state index contributed by atoms with van der Waals surface area (Å²) in [4.78, 5) is 37.8. The molecule has 2 amide bonds. The number of aryl methyl sites for hydroxylation is 1. The number of hydrogen-bond donors (Lipinski definition) is 2. The van der Waals surface area contributed by atoms with Gasteiger partial charge in [0.25, 0.3) is 11.8 Å². The Kier molecular flexibility index (Phi) is 9.16. The Morgan fingerprint density at radius 3 is 2.36 bits per heavy atom. The second-order valence-corrected chi connectivity index (χ2v) is 12.4. The first-order chi connectivity index (χ1) is 21.8. The lowest BCUT2D eigenvalue weighted by Crippen LogP contribution is -2.47. The summed E-state index contributed by atoms with van der Waals surface area (Å²) in [6.07, 6.45) is 4.24. The lowest BCUT2D eigenvalue weighted by Gasteiger charge is -2.38. The number of hydrogen-bond acceptors (Lipinski definition) is 7. The molecule has 1 aliphatic carbocycles. The number of carbonyl (C=O) groups is 2. The summed E-state index contributed by atoms with van der Waals surface area (Å²) in [5.41, 5.74) is 7.15. The Hall–Kier alpha value is -4.63. The van der Waals surface area contributed by atoms with Gasteiger partial charge >= 0.3 is 0 Å². The number of piperazine rings is 1. The first-order valence-corrected chi connectivity index (χ1v) is 15.8. The second kappa shape index (κ2) is 13.6. The molecule has 3 aromatic carbocycles. The van der Waals surface area contributed by atoms with Crippen LogP contribution in [0.4, 0.5) is 17.1 Å². The van der Waals surface area contributed by atoms with E-state index in [1.807, 2.05) is 12.1 Å². The zero-order valence-electron chi connectivity index (χ0n) is 26.4. The normalized spacial score (nSPS) is 14.9. The molecular weight excluding hydrogens is 564 g/mol. The van der Waals surface area contributed by atoms with E-state index in [-0.39, 0.29) is 17.5 Å². The van der Waals surface area contributed by atoms with Gasteiger partial charge in [-0.25, -0.2) is 4.98 Å². The highest BCUT2D eigenvalue weighted by Crippen LogP contribution is 2.39. The Morgan fingerprint density at radius 1 is 0.889 bits per heavy atom. The number of nitrogens with zero attached hydrogens (tertiary/aromatic N) is 4. The number of rotatable bonds is 11. The fraction of sp³-hybridized carbons (Fsp3) is 0.361. The quantitative estimate of drug-likeness (QED) is 0.234. The van der Waals surface area contributed by atoms with Gasteiger partial charge in [0.2, 0.25) is 0 Å². The Morgan fingerprint density at radius 2 is 1.62 bits per heavy atom. The molecule has 0 bridgehead atoms. The standard InChI is InChI=1S/C36H42N6O3/c1-25-7-4-5-10-32(25)41-17-19-42(20-18-41)33-14-13-29(22-30(33)38-35(44)31-24-45-36(39-31)28-11-12-28)34(43)37-16-15-26-8-6-9-27(21-26)23-40(2)3/h4-10,13-14,21-22,24,28H,11-12,15-20,23H2,1-3H3,(H,37,43)(H,38,44). The third-order valence-corrected chi connectivity index (χ3v) is 8.45. The summed E-state index contributed by atoms with van der Waals surface area (Å²) in [5, 5.41) is 6.11. The van der Waals surface area contributed by atoms with Crippen LogP contribution in [0.15, 0.2) is 77.4 Å². The number of carbonyl (C=O) groups excluding carboxylic acids is 2. The molecule has 1 aromatic heterocycles. The minimum Gasteiger partial charge on any atom is -0.448 e. The van der Waals surface area contributed by atoms with Gasteiger partial charge in [-0.05, 0) is 81.2 Å². The molecule has 4 aromatic rings. The van der Waals surface area contributed by atoms with E-state index in [0.29, 0.717) is 29.6 Å². The minimum atomic E-state index is -0.347. The highest BCUT2D eigenvalue weighted by molar-refractivity contribution is 6.06. The maximum atomic E-state index is 13.3. The van der Waals surface area contributed by atoms with Crippen LogP contribution in [0.5, 0.6) is 0 Å². The van der Waals surface area contributed by atoms with Crippen molar-refractivity contribution >= 4 is 28.9 Å². The molecular formula is C36H42N6O3. The molecule has 9 nitrogen and oxygen atoms in total. The largest absolute Gasteiger partial charge is 0.448 e. The third kappa shape index (κ3) is 7.54. The monoisotopic (exact) mass is 606 g/mol. The van der Waals surface area contributed by atoms with Crippen molar-refractivity contribution in [3.05, 3.63) is 107 Å². The van der Waals surface area contributed by atoms with E-state index in [2.05, 4.69) is 99.9 Å². The van der Waals surface area contributed by atoms with Crippen LogP contribution in [-0.4, -0.2) is 68.5 Å². The topological polar surface area (TPSA) is 94.0 Å². The molecule has 1 saturated heterocycles. The fourth-order valence-electron chi connectivity index (χ4n) is 5.93. The molecule has 1 saturated carbocycles. The van der Waals surface area contributed by atoms with Crippen molar-refractivity contribution in [1.82, 2.24) is 15.2 Å².